The number of quaternary nitrogens is 1. The average Bonchev–Trinajstić information content (AvgIpc) is 2.90. The summed E-state index contributed by atoms with van der Waals surface area (Å²) in [5.41, 5.74) is 2.66. The molecule has 0 amide bonds. The lowest BCUT2D eigenvalue weighted by Crippen LogP contribution is -2.44. The number of hydrogen-bond donors (Lipinski definition) is 0. The molecule has 38 heavy (non-hydrogen) atoms. The van der Waals surface area contributed by atoms with E-state index < -0.39 is 0 Å². The summed E-state index contributed by atoms with van der Waals surface area (Å²) < 4.78 is 12.1. The zero-order valence-corrected chi connectivity index (χ0v) is 24.8. The van der Waals surface area contributed by atoms with Crippen LogP contribution < -0.4 is 4.74 Å². The first-order valence-corrected chi connectivity index (χ1v) is 15.1. The lowest BCUT2D eigenvalue weighted by atomic mass is 10.0. The second kappa shape index (κ2) is 18.8. The molecule has 0 bridgehead atoms. The third-order valence-corrected chi connectivity index (χ3v) is 7.17. The summed E-state index contributed by atoms with van der Waals surface area (Å²) in [6.45, 7) is 6.82. The van der Waals surface area contributed by atoms with E-state index in [1.807, 2.05) is 13.0 Å². The summed E-state index contributed by atoms with van der Waals surface area (Å²) in [5.74, 6) is 0.620. The Morgan fingerprint density at radius 1 is 0.737 bits per heavy atom. The number of nitrogens with zero attached hydrogens (tertiary/aromatic N) is 1. The van der Waals surface area contributed by atoms with Crippen molar-refractivity contribution in [3.8, 4) is 5.75 Å². The van der Waals surface area contributed by atoms with Crippen LogP contribution in [0.3, 0.4) is 0 Å². The smallest absolute Gasteiger partial charge is 0.314 e. The van der Waals surface area contributed by atoms with E-state index in [0.717, 1.165) is 29.7 Å². The Morgan fingerprint density at radius 3 is 1.97 bits per heavy atom. The Balaban J connectivity index is 1.51. The van der Waals surface area contributed by atoms with Crippen molar-refractivity contribution >= 4 is 5.97 Å². The fourth-order valence-electron chi connectivity index (χ4n) is 5.09. The highest BCUT2D eigenvalue weighted by atomic mass is 16.5. The largest absolute Gasteiger partial charge is 0.493 e. The van der Waals surface area contributed by atoms with Gasteiger partial charge in [-0.25, -0.2) is 0 Å². The van der Waals surface area contributed by atoms with Crippen molar-refractivity contribution in [2.45, 2.75) is 97.4 Å². The summed E-state index contributed by atoms with van der Waals surface area (Å²) in [5, 5.41) is 0. The highest BCUT2D eigenvalue weighted by molar-refractivity contribution is 5.72. The summed E-state index contributed by atoms with van der Waals surface area (Å²) in [7, 11) is 4.32. The second-order valence-electron chi connectivity index (χ2n) is 11.6. The van der Waals surface area contributed by atoms with Crippen molar-refractivity contribution in [1.82, 2.24) is 0 Å². The maximum absolute atomic E-state index is 12.5. The lowest BCUT2D eigenvalue weighted by Gasteiger charge is -2.31. The van der Waals surface area contributed by atoms with Crippen molar-refractivity contribution in [2.24, 2.45) is 5.92 Å². The summed E-state index contributed by atoms with van der Waals surface area (Å²) in [6, 6.07) is 18.9. The molecule has 0 aliphatic carbocycles. The molecule has 2 aromatic carbocycles. The van der Waals surface area contributed by atoms with Gasteiger partial charge >= 0.3 is 5.97 Å². The lowest BCUT2D eigenvalue weighted by molar-refractivity contribution is -0.905. The molecule has 0 spiro atoms. The zero-order chi connectivity index (χ0) is 27.5. The number of benzene rings is 2. The maximum Gasteiger partial charge on any atom is 0.314 e. The highest BCUT2D eigenvalue weighted by Gasteiger charge is 2.25. The molecule has 0 aliphatic heterocycles. The van der Waals surface area contributed by atoms with E-state index in [0.29, 0.717) is 19.6 Å². The number of unbranched alkanes of at least 4 members (excludes halogenated alkanes) is 9. The van der Waals surface area contributed by atoms with Crippen LogP contribution in [0.4, 0.5) is 0 Å². The van der Waals surface area contributed by atoms with Crippen molar-refractivity contribution in [2.75, 3.05) is 33.9 Å². The van der Waals surface area contributed by atoms with E-state index in [2.05, 4.69) is 69.6 Å². The second-order valence-corrected chi connectivity index (χ2v) is 11.6. The number of esters is 1. The van der Waals surface area contributed by atoms with E-state index in [-0.39, 0.29) is 11.9 Å². The number of carbonyl (C=O) groups excluding carboxylic acids is 1. The molecular formula is C34H54NO3+. The van der Waals surface area contributed by atoms with E-state index >= 15 is 0 Å². The fraction of sp³-hybridized carbons (Fsp3) is 0.618. The van der Waals surface area contributed by atoms with Gasteiger partial charge in [0, 0.05) is 12.0 Å². The molecule has 0 fully saturated rings. The Kier molecular flexibility index (Phi) is 15.8. The third kappa shape index (κ3) is 14.6. The van der Waals surface area contributed by atoms with Gasteiger partial charge in [-0.3, -0.25) is 4.79 Å². The number of aryl methyl sites for hydroxylation is 1. The predicted octanol–water partition coefficient (Wildman–Crippen LogP) is 8.37. The first kappa shape index (κ1) is 31.9. The molecule has 0 aliphatic rings. The van der Waals surface area contributed by atoms with Gasteiger partial charge in [0.15, 0.2) is 0 Å². The van der Waals surface area contributed by atoms with Crippen LogP contribution in [0.25, 0.3) is 0 Å². The molecule has 0 radical (unpaired) electrons. The van der Waals surface area contributed by atoms with E-state index in [1.54, 1.807) is 0 Å². The Bertz CT molecular complexity index is 863. The van der Waals surface area contributed by atoms with Gasteiger partial charge in [-0.2, -0.15) is 0 Å². The number of ether oxygens (including phenoxy) is 2. The molecule has 0 aromatic heterocycles. The monoisotopic (exact) mass is 524 g/mol. The highest BCUT2D eigenvalue weighted by Crippen LogP contribution is 2.17. The van der Waals surface area contributed by atoms with Crippen LogP contribution in [0, 0.1) is 5.92 Å². The molecule has 0 saturated heterocycles. The summed E-state index contributed by atoms with van der Waals surface area (Å²) in [6.07, 6.45) is 15.6. The fourth-order valence-corrected chi connectivity index (χ4v) is 5.09. The van der Waals surface area contributed by atoms with Crippen molar-refractivity contribution < 1.29 is 18.8 Å². The summed E-state index contributed by atoms with van der Waals surface area (Å²) in [4.78, 5) is 12.5. The molecular weight excluding hydrogens is 470 g/mol. The van der Waals surface area contributed by atoms with Gasteiger partial charge in [-0.15, -0.1) is 0 Å². The molecule has 0 heterocycles. The van der Waals surface area contributed by atoms with Crippen LogP contribution in [0.2, 0.25) is 0 Å². The van der Waals surface area contributed by atoms with Crippen molar-refractivity contribution in [1.29, 1.82) is 0 Å². The van der Waals surface area contributed by atoms with E-state index in [9.17, 15) is 4.79 Å². The topological polar surface area (TPSA) is 35.5 Å². The van der Waals surface area contributed by atoms with Gasteiger partial charge in [0.1, 0.15) is 18.2 Å². The predicted molar refractivity (Wildman–Crippen MR) is 159 cm³/mol. The normalized spacial score (nSPS) is 12.3. The van der Waals surface area contributed by atoms with Gasteiger partial charge in [0.2, 0.25) is 0 Å². The SMILES string of the molecule is CCCCCCCCCCCCc1ccc(OCCCOC(=O)C(C)C[N+](C)(C)Cc2ccccc2)cc1. The maximum atomic E-state index is 12.5. The zero-order valence-electron chi connectivity index (χ0n) is 24.8. The van der Waals surface area contributed by atoms with Crippen LogP contribution in [-0.2, 0) is 22.5 Å². The van der Waals surface area contributed by atoms with Crippen molar-refractivity contribution in [3.63, 3.8) is 0 Å². The molecule has 2 aromatic rings. The number of hydrogen-bond acceptors (Lipinski definition) is 3. The molecule has 1 atom stereocenters. The van der Waals surface area contributed by atoms with Crippen LogP contribution >= 0.6 is 0 Å². The van der Waals surface area contributed by atoms with Crippen LogP contribution in [0.1, 0.15) is 95.6 Å². The van der Waals surface area contributed by atoms with Gasteiger partial charge < -0.3 is 14.0 Å². The Labute approximate surface area is 233 Å². The minimum absolute atomic E-state index is 0.124. The first-order valence-electron chi connectivity index (χ1n) is 15.1. The molecule has 0 N–H and O–H groups in total. The van der Waals surface area contributed by atoms with E-state index in [4.69, 9.17) is 9.47 Å². The molecule has 4 nitrogen and oxygen atoms in total. The molecule has 212 valence electrons. The number of carbonyl (C=O) groups is 1. The minimum Gasteiger partial charge on any atom is -0.493 e. The molecule has 4 heteroatoms. The Hall–Kier alpha value is -2.33. The van der Waals surface area contributed by atoms with Crippen LogP contribution in [0.15, 0.2) is 54.6 Å². The van der Waals surface area contributed by atoms with Crippen molar-refractivity contribution in [3.05, 3.63) is 65.7 Å². The van der Waals surface area contributed by atoms with Crippen LogP contribution in [-0.4, -0.2) is 44.3 Å². The van der Waals surface area contributed by atoms with Gasteiger partial charge in [0.05, 0.1) is 33.9 Å². The number of rotatable bonds is 21. The minimum atomic E-state index is -0.141. The Morgan fingerprint density at radius 2 is 1.34 bits per heavy atom. The van der Waals surface area contributed by atoms with Gasteiger partial charge in [0.25, 0.3) is 0 Å². The molecule has 0 saturated carbocycles. The van der Waals surface area contributed by atoms with Crippen LogP contribution in [0.5, 0.6) is 5.75 Å². The standard InChI is InChI=1S/C34H54NO3/c1-5-6-7-8-9-10-11-12-13-15-19-31-22-24-33(25-23-31)37-26-18-27-38-34(36)30(2)28-35(3,4)29-32-20-16-14-17-21-32/h14,16-17,20-25,30H,5-13,15,18-19,26-29H2,1-4H3/q+1. The summed E-state index contributed by atoms with van der Waals surface area (Å²) >= 11 is 0. The molecule has 2 rings (SSSR count). The molecule has 1 unspecified atom stereocenters. The third-order valence-electron chi connectivity index (χ3n) is 7.17. The first-order chi connectivity index (χ1) is 18.4. The van der Waals surface area contributed by atoms with Gasteiger partial charge in [-0.05, 0) is 37.5 Å². The van der Waals surface area contributed by atoms with E-state index in [1.165, 1.54) is 75.3 Å². The van der Waals surface area contributed by atoms with Gasteiger partial charge in [-0.1, -0.05) is 107 Å². The quantitative estimate of drug-likeness (QED) is 0.0934. The average molecular weight is 525 g/mol.